The Bertz CT molecular complexity index is 406. The van der Waals surface area contributed by atoms with Crippen LogP contribution in [0.15, 0.2) is 18.2 Å². The maximum absolute atomic E-state index is 5.36. The number of nitrogens with one attached hydrogen (secondary N) is 1. The Morgan fingerprint density at radius 2 is 2.10 bits per heavy atom. The van der Waals surface area contributed by atoms with Crippen molar-refractivity contribution in [1.29, 1.82) is 0 Å². The van der Waals surface area contributed by atoms with Crippen LogP contribution in [0.5, 0.6) is 5.75 Å². The summed E-state index contributed by atoms with van der Waals surface area (Å²) in [7, 11) is 3.51. The highest BCUT2D eigenvalue weighted by Crippen LogP contribution is 2.32. The van der Waals surface area contributed by atoms with Crippen molar-refractivity contribution in [2.45, 2.75) is 44.6 Å². The number of fused-ring (bicyclic) bond motifs is 1. The summed E-state index contributed by atoms with van der Waals surface area (Å²) in [5.74, 6) is 0.970. The van der Waals surface area contributed by atoms with Gasteiger partial charge >= 0.3 is 0 Å². The lowest BCUT2D eigenvalue weighted by molar-refractivity contribution is 0.192. The van der Waals surface area contributed by atoms with Crippen LogP contribution in [0.4, 0.5) is 0 Å². The van der Waals surface area contributed by atoms with Gasteiger partial charge in [0.15, 0.2) is 0 Å². The zero-order chi connectivity index (χ0) is 14.2. The number of rotatable bonds is 8. The molecule has 1 N–H and O–H groups in total. The van der Waals surface area contributed by atoms with Gasteiger partial charge in [-0.25, -0.2) is 0 Å². The minimum absolute atomic E-state index is 0.497. The van der Waals surface area contributed by atoms with Gasteiger partial charge in [0, 0.05) is 19.8 Å². The number of methoxy groups -OCH3 is 2. The van der Waals surface area contributed by atoms with Crippen LogP contribution in [0.3, 0.4) is 0 Å². The molecular weight excluding hydrogens is 250 g/mol. The molecule has 1 unspecified atom stereocenters. The molecule has 0 saturated carbocycles. The number of hydrogen-bond acceptors (Lipinski definition) is 3. The summed E-state index contributed by atoms with van der Waals surface area (Å²) in [4.78, 5) is 0. The largest absolute Gasteiger partial charge is 0.497 e. The van der Waals surface area contributed by atoms with E-state index in [-0.39, 0.29) is 0 Å². The number of aryl methyl sites for hydroxylation is 1. The predicted octanol–water partition coefficient (Wildman–Crippen LogP) is 3.48. The number of hydrogen-bond donors (Lipinski definition) is 1. The van der Waals surface area contributed by atoms with Gasteiger partial charge in [0.05, 0.1) is 7.11 Å². The summed E-state index contributed by atoms with van der Waals surface area (Å²) >= 11 is 0. The van der Waals surface area contributed by atoms with Crippen LogP contribution >= 0.6 is 0 Å². The summed E-state index contributed by atoms with van der Waals surface area (Å²) in [5.41, 5.74) is 2.92. The van der Waals surface area contributed by atoms with E-state index in [1.807, 2.05) is 0 Å². The molecule has 112 valence electrons. The van der Waals surface area contributed by atoms with Crippen LogP contribution in [0, 0.1) is 0 Å². The molecule has 0 saturated heterocycles. The quantitative estimate of drug-likeness (QED) is 0.738. The van der Waals surface area contributed by atoms with Gasteiger partial charge in [-0.1, -0.05) is 6.07 Å². The molecule has 1 aromatic carbocycles. The monoisotopic (exact) mass is 277 g/mol. The first-order valence-electron chi connectivity index (χ1n) is 7.74. The van der Waals surface area contributed by atoms with Crippen molar-refractivity contribution in [3.63, 3.8) is 0 Å². The van der Waals surface area contributed by atoms with Gasteiger partial charge in [0.25, 0.3) is 0 Å². The first-order chi connectivity index (χ1) is 9.85. The Labute approximate surface area is 122 Å². The second kappa shape index (κ2) is 8.28. The maximum Gasteiger partial charge on any atom is 0.119 e. The van der Waals surface area contributed by atoms with Crippen LogP contribution < -0.4 is 10.1 Å². The van der Waals surface area contributed by atoms with Crippen LogP contribution in [0.1, 0.15) is 49.3 Å². The molecule has 0 fully saturated rings. The lowest BCUT2D eigenvalue weighted by atomic mass is 9.87. The van der Waals surface area contributed by atoms with E-state index in [1.165, 1.54) is 43.2 Å². The van der Waals surface area contributed by atoms with Crippen LogP contribution in [0.25, 0.3) is 0 Å². The highest BCUT2D eigenvalue weighted by molar-refractivity contribution is 5.39. The Morgan fingerprint density at radius 1 is 1.20 bits per heavy atom. The molecule has 20 heavy (non-hydrogen) atoms. The van der Waals surface area contributed by atoms with E-state index in [2.05, 4.69) is 23.5 Å². The van der Waals surface area contributed by atoms with Crippen molar-refractivity contribution in [2.24, 2.45) is 0 Å². The van der Waals surface area contributed by atoms with Crippen LogP contribution in [-0.2, 0) is 11.2 Å². The zero-order valence-corrected chi connectivity index (χ0v) is 12.8. The van der Waals surface area contributed by atoms with Crippen molar-refractivity contribution < 1.29 is 9.47 Å². The molecule has 3 nitrogen and oxygen atoms in total. The predicted molar refractivity (Wildman–Crippen MR) is 82.4 cm³/mol. The average molecular weight is 277 g/mol. The highest BCUT2D eigenvalue weighted by atomic mass is 16.5. The molecule has 0 radical (unpaired) electrons. The van der Waals surface area contributed by atoms with E-state index < -0.39 is 0 Å². The van der Waals surface area contributed by atoms with Gasteiger partial charge in [0.2, 0.25) is 0 Å². The van der Waals surface area contributed by atoms with E-state index in [1.54, 1.807) is 14.2 Å². The standard InChI is InChI=1S/C17H27NO2/c1-19-12-5-3-4-11-18-17-8-6-7-14-9-10-15(20-2)13-16(14)17/h9-10,13,17-18H,3-8,11-12H2,1-2H3. The molecule has 1 aromatic rings. The third-order valence-corrected chi connectivity index (χ3v) is 4.08. The van der Waals surface area contributed by atoms with Crippen molar-refractivity contribution in [3.8, 4) is 5.75 Å². The Kier molecular flexibility index (Phi) is 6.34. The minimum Gasteiger partial charge on any atom is -0.497 e. The van der Waals surface area contributed by atoms with Crippen LogP contribution in [-0.4, -0.2) is 27.4 Å². The fraction of sp³-hybridized carbons (Fsp3) is 0.647. The Morgan fingerprint density at radius 3 is 2.90 bits per heavy atom. The van der Waals surface area contributed by atoms with E-state index >= 15 is 0 Å². The van der Waals surface area contributed by atoms with Crippen molar-refractivity contribution in [3.05, 3.63) is 29.3 Å². The zero-order valence-electron chi connectivity index (χ0n) is 12.8. The van der Waals surface area contributed by atoms with E-state index in [0.29, 0.717) is 6.04 Å². The van der Waals surface area contributed by atoms with Gasteiger partial charge in [-0.2, -0.15) is 0 Å². The highest BCUT2D eigenvalue weighted by Gasteiger charge is 2.19. The molecule has 1 aliphatic rings. The SMILES string of the molecule is COCCCCCNC1CCCc2ccc(OC)cc21. The fourth-order valence-corrected chi connectivity index (χ4v) is 2.94. The summed E-state index contributed by atoms with van der Waals surface area (Å²) < 4.78 is 10.4. The van der Waals surface area contributed by atoms with Gasteiger partial charge in [-0.3, -0.25) is 0 Å². The average Bonchev–Trinajstić information content (AvgIpc) is 2.50. The summed E-state index contributed by atoms with van der Waals surface area (Å²) in [5, 5.41) is 3.71. The molecule has 0 amide bonds. The molecule has 1 atom stereocenters. The fourth-order valence-electron chi connectivity index (χ4n) is 2.94. The van der Waals surface area contributed by atoms with Gasteiger partial charge < -0.3 is 14.8 Å². The van der Waals surface area contributed by atoms with Crippen molar-refractivity contribution in [2.75, 3.05) is 27.4 Å². The number of ether oxygens (including phenoxy) is 2. The van der Waals surface area contributed by atoms with Crippen molar-refractivity contribution >= 4 is 0 Å². The van der Waals surface area contributed by atoms with E-state index in [4.69, 9.17) is 9.47 Å². The second-order valence-corrected chi connectivity index (χ2v) is 5.52. The molecule has 2 rings (SSSR count). The third kappa shape index (κ3) is 4.22. The smallest absolute Gasteiger partial charge is 0.119 e. The first kappa shape index (κ1) is 15.3. The second-order valence-electron chi connectivity index (χ2n) is 5.52. The van der Waals surface area contributed by atoms with E-state index in [9.17, 15) is 0 Å². The van der Waals surface area contributed by atoms with Crippen LogP contribution in [0.2, 0.25) is 0 Å². The topological polar surface area (TPSA) is 30.5 Å². The summed E-state index contributed by atoms with van der Waals surface area (Å²) in [6, 6.07) is 7.00. The maximum atomic E-state index is 5.36. The first-order valence-corrected chi connectivity index (χ1v) is 7.74. The molecule has 1 aliphatic carbocycles. The van der Waals surface area contributed by atoms with Gasteiger partial charge in [0.1, 0.15) is 5.75 Å². The third-order valence-electron chi connectivity index (χ3n) is 4.08. The normalized spacial score (nSPS) is 17.8. The Balaban J connectivity index is 1.84. The molecule has 3 heteroatoms. The lowest BCUT2D eigenvalue weighted by Crippen LogP contribution is -2.26. The molecular formula is C17H27NO2. The molecule has 0 spiro atoms. The molecule has 0 bridgehead atoms. The number of unbranched alkanes of at least 4 members (excludes halogenated alkanes) is 2. The molecule has 0 heterocycles. The molecule has 0 aliphatic heterocycles. The summed E-state index contributed by atoms with van der Waals surface area (Å²) in [6.45, 7) is 1.97. The Hall–Kier alpha value is -1.06. The summed E-state index contributed by atoms with van der Waals surface area (Å²) in [6.07, 6.45) is 7.33. The van der Waals surface area contributed by atoms with Gasteiger partial charge in [-0.05, 0) is 68.3 Å². The minimum atomic E-state index is 0.497. The molecule has 0 aromatic heterocycles. The van der Waals surface area contributed by atoms with Gasteiger partial charge in [-0.15, -0.1) is 0 Å². The number of benzene rings is 1. The van der Waals surface area contributed by atoms with E-state index in [0.717, 1.165) is 25.3 Å². The lowest BCUT2D eigenvalue weighted by Gasteiger charge is -2.27. The van der Waals surface area contributed by atoms with Crippen molar-refractivity contribution in [1.82, 2.24) is 5.32 Å².